The maximum Gasteiger partial charge on any atom is 0.305 e. The lowest BCUT2D eigenvalue weighted by atomic mass is 10.0. The van der Waals surface area contributed by atoms with Crippen LogP contribution in [-0.2, 0) is 14.3 Å². The molecule has 0 bridgehead atoms. The van der Waals surface area contributed by atoms with Crippen LogP contribution >= 0.6 is 0 Å². The van der Waals surface area contributed by atoms with Crippen LogP contribution in [0.5, 0.6) is 0 Å². The molecule has 0 heterocycles. The number of nitrogens with one attached hydrogen (secondary N) is 1. The maximum absolute atomic E-state index is 12.5. The first-order valence-corrected chi connectivity index (χ1v) is 31.9. The number of aliphatic hydroxyl groups is 2. The topological polar surface area (TPSA) is 95.9 Å². The Morgan fingerprint density at radius 2 is 0.694 bits per heavy atom. The third-order valence-electron chi connectivity index (χ3n) is 14.6. The van der Waals surface area contributed by atoms with E-state index in [1.54, 1.807) is 0 Å². The molecule has 0 aliphatic rings. The molecule has 0 aromatic heterocycles. The van der Waals surface area contributed by atoms with Crippen LogP contribution < -0.4 is 5.32 Å². The number of carbonyl (C=O) groups excluding carboxylic acids is 2. The number of aliphatic hydroxyl groups excluding tert-OH is 2. The summed E-state index contributed by atoms with van der Waals surface area (Å²) in [6.07, 6.45) is 78.5. The van der Waals surface area contributed by atoms with Crippen molar-refractivity contribution in [1.29, 1.82) is 0 Å². The molecule has 2 atom stereocenters. The minimum Gasteiger partial charge on any atom is -0.465 e. The predicted molar refractivity (Wildman–Crippen MR) is 315 cm³/mol. The highest BCUT2D eigenvalue weighted by molar-refractivity contribution is 5.76. The first-order chi connectivity index (χ1) is 35.5. The number of hydrogen-bond acceptors (Lipinski definition) is 5. The summed E-state index contributed by atoms with van der Waals surface area (Å²) in [6, 6.07) is -0.546. The lowest BCUT2D eigenvalue weighted by molar-refractivity contribution is -0.143. The van der Waals surface area contributed by atoms with Crippen molar-refractivity contribution in [2.75, 3.05) is 13.2 Å². The Morgan fingerprint density at radius 3 is 1.07 bits per heavy atom. The van der Waals surface area contributed by atoms with Crippen LogP contribution in [0.2, 0.25) is 0 Å². The van der Waals surface area contributed by atoms with Gasteiger partial charge in [-0.1, -0.05) is 294 Å². The molecule has 2 unspecified atom stereocenters. The first-order valence-electron chi connectivity index (χ1n) is 31.9. The molecule has 6 heteroatoms. The highest BCUT2D eigenvalue weighted by Crippen LogP contribution is 2.17. The molecule has 0 aromatic carbocycles. The van der Waals surface area contributed by atoms with Crippen LogP contribution in [-0.4, -0.2) is 47.4 Å². The summed E-state index contributed by atoms with van der Waals surface area (Å²) in [7, 11) is 0. The van der Waals surface area contributed by atoms with E-state index in [0.717, 1.165) is 57.8 Å². The lowest BCUT2D eigenvalue weighted by Crippen LogP contribution is -2.45. The van der Waals surface area contributed by atoms with E-state index in [1.165, 1.54) is 244 Å². The van der Waals surface area contributed by atoms with Crippen molar-refractivity contribution in [2.24, 2.45) is 0 Å². The second-order valence-electron chi connectivity index (χ2n) is 21.7. The summed E-state index contributed by atoms with van der Waals surface area (Å²) < 4.78 is 5.43. The van der Waals surface area contributed by atoms with E-state index in [9.17, 15) is 19.8 Å². The molecule has 0 aromatic rings. The monoisotopic (exact) mass is 1010 g/mol. The van der Waals surface area contributed by atoms with E-state index in [2.05, 4.69) is 67.8 Å². The van der Waals surface area contributed by atoms with Crippen molar-refractivity contribution in [3.05, 3.63) is 48.6 Å². The third-order valence-corrected chi connectivity index (χ3v) is 14.6. The number of ether oxygens (including phenoxy) is 1. The molecule has 0 aliphatic heterocycles. The highest BCUT2D eigenvalue weighted by Gasteiger charge is 2.20. The van der Waals surface area contributed by atoms with Crippen molar-refractivity contribution in [1.82, 2.24) is 5.32 Å². The van der Waals surface area contributed by atoms with Gasteiger partial charge in [-0.3, -0.25) is 9.59 Å². The van der Waals surface area contributed by atoms with Gasteiger partial charge in [-0.25, -0.2) is 0 Å². The molecule has 72 heavy (non-hydrogen) atoms. The van der Waals surface area contributed by atoms with E-state index >= 15 is 0 Å². The minimum absolute atomic E-state index is 0.0385. The van der Waals surface area contributed by atoms with Crippen LogP contribution in [0.15, 0.2) is 48.6 Å². The summed E-state index contributed by atoms with van der Waals surface area (Å²) in [6.45, 7) is 4.84. The fourth-order valence-corrected chi connectivity index (χ4v) is 9.75. The molecule has 0 saturated heterocycles. The predicted octanol–water partition coefficient (Wildman–Crippen LogP) is 20.1. The van der Waals surface area contributed by atoms with Gasteiger partial charge in [-0.15, -0.1) is 0 Å². The standard InChI is InChI=1S/C66H123NO5/c1-3-5-7-9-11-13-15-17-19-21-28-32-36-40-44-48-52-56-60-66(71)72-61-57-53-49-45-41-37-33-29-26-24-22-23-25-27-31-35-39-43-47-51-55-59-65(70)67-63(62-68)64(69)58-54-50-46-42-38-34-30-20-18-16-14-12-10-8-6-4-2/h13,15,19,21,37,41,49,53,63-64,68-69H,3-12,14,16-18,20,22-36,38-40,42-48,50-52,54-62H2,1-2H3,(H,67,70)/b15-13-,21-19-,41-37-,53-49-. The fraction of sp³-hybridized carbons (Fsp3) is 0.848. The van der Waals surface area contributed by atoms with Crippen molar-refractivity contribution in [2.45, 2.75) is 347 Å². The average Bonchev–Trinajstić information content (AvgIpc) is 3.38. The zero-order valence-electron chi connectivity index (χ0n) is 48.2. The van der Waals surface area contributed by atoms with Gasteiger partial charge in [0, 0.05) is 12.8 Å². The Hall–Kier alpha value is -2.18. The molecule has 0 aliphatic carbocycles. The van der Waals surface area contributed by atoms with E-state index < -0.39 is 12.1 Å². The van der Waals surface area contributed by atoms with Crippen LogP contribution in [0.25, 0.3) is 0 Å². The Labute approximate surface area is 448 Å². The molecule has 0 rings (SSSR count). The molecular formula is C66H123NO5. The quantitative estimate of drug-likeness (QED) is 0.0320. The van der Waals surface area contributed by atoms with Crippen molar-refractivity contribution >= 4 is 11.9 Å². The third kappa shape index (κ3) is 57.1. The van der Waals surface area contributed by atoms with Crippen molar-refractivity contribution < 1.29 is 24.5 Å². The lowest BCUT2D eigenvalue weighted by Gasteiger charge is -2.22. The van der Waals surface area contributed by atoms with Crippen molar-refractivity contribution in [3.63, 3.8) is 0 Å². The van der Waals surface area contributed by atoms with Gasteiger partial charge >= 0.3 is 5.97 Å². The Bertz CT molecular complexity index is 1210. The number of unbranched alkanes of at least 4 members (excludes halogenated alkanes) is 40. The second-order valence-corrected chi connectivity index (χ2v) is 21.7. The zero-order chi connectivity index (χ0) is 52.2. The molecular weight excluding hydrogens is 887 g/mol. The van der Waals surface area contributed by atoms with E-state index in [4.69, 9.17) is 4.74 Å². The normalized spacial score (nSPS) is 12.9. The second kappa shape index (κ2) is 61.4. The molecule has 0 fully saturated rings. The van der Waals surface area contributed by atoms with Gasteiger partial charge in [0.15, 0.2) is 0 Å². The van der Waals surface area contributed by atoms with Crippen LogP contribution in [0.1, 0.15) is 335 Å². The molecule has 1 amide bonds. The van der Waals surface area contributed by atoms with Gasteiger partial charge in [-0.05, 0) is 77.0 Å². The van der Waals surface area contributed by atoms with Gasteiger partial charge in [0.1, 0.15) is 0 Å². The minimum atomic E-state index is -0.669. The number of amides is 1. The van der Waals surface area contributed by atoms with Gasteiger partial charge in [0.25, 0.3) is 0 Å². The average molecular weight is 1010 g/mol. The van der Waals surface area contributed by atoms with Gasteiger partial charge in [0.05, 0.1) is 25.4 Å². The Kier molecular flexibility index (Phi) is 59.5. The molecule has 0 spiro atoms. The summed E-state index contributed by atoms with van der Waals surface area (Å²) in [4.78, 5) is 24.6. The SMILES string of the molecule is CCCCCC/C=C\C/C=C\CCCCCCCCCC(=O)OCC/C=C\C/C=C\CCCCCCCCCCCCCCCCC(=O)NC(CO)C(O)CCCCCCCCCCCCCCCCCC. The summed E-state index contributed by atoms with van der Waals surface area (Å²) in [5.74, 6) is -0.0810. The van der Waals surface area contributed by atoms with Crippen LogP contribution in [0, 0.1) is 0 Å². The molecule has 3 N–H and O–H groups in total. The molecule has 0 saturated carbocycles. The van der Waals surface area contributed by atoms with Crippen LogP contribution in [0.4, 0.5) is 0 Å². The number of esters is 1. The van der Waals surface area contributed by atoms with E-state index in [-0.39, 0.29) is 18.5 Å². The number of rotatable bonds is 59. The number of carbonyl (C=O) groups is 2. The summed E-state index contributed by atoms with van der Waals surface area (Å²) in [5.41, 5.74) is 0. The zero-order valence-corrected chi connectivity index (χ0v) is 48.2. The maximum atomic E-state index is 12.5. The first kappa shape index (κ1) is 69.8. The molecule has 422 valence electrons. The largest absolute Gasteiger partial charge is 0.465 e. The van der Waals surface area contributed by atoms with E-state index in [1.807, 2.05) is 0 Å². The molecule has 0 radical (unpaired) electrons. The van der Waals surface area contributed by atoms with Crippen molar-refractivity contribution in [3.8, 4) is 0 Å². The van der Waals surface area contributed by atoms with Crippen LogP contribution in [0.3, 0.4) is 0 Å². The summed E-state index contributed by atoms with van der Waals surface area (Å²) >= 11 is 0. The van der Waals surface area contributed by atoms with E-state index in [0.29, 0.717) is 25.9 Å². The van der Waals surface area contributed by atoms with Gasteiger partial charge in [-0.2, -0.15) is 0 Å². The smallest absolute Gasteiger partial charge is 0.305 e. The Morgan fingerprint density at radius 1 is 0.389 bits per heavy atom. The van der Waals surface area contributed by atoms with Gasteiger partial charge < -0.3 is 20.3 Å². The highest BCUT2D eigenvalue weighted by atomic mass is 16.5. The number of hydrogen-bond donors (Lipinski definition) is 3. The Balaban J connectivity index is 3.45. The summed E-state index contributed by atoms with van der Waals surface area (Å²) in [5, 5.41) is 23.3. The van der Waals surface area contributed by atoms with Gasteiger partial charge in [0.2, 0.25) is 5.91 Å². The molecule has 6 nitrogen and oxygen atoms in total. The fourth-order valence-electron chi connectivity index (χ4n) is 9.75. The number of allylic oxidation sites excluding steroid dienone is 7.